The normalized spacial score (nSPS) is 16.8. The monoisotopic (exact) mass is 349 g/mol. The van der Waals surface area contributed by atoms with Crippen molar-refractivity contribution in [3.63, 3.8) is 0 Å². The van der Waals surface area contributed by atoms with Crippen molar-refractivity contribution in [3.05, 3.63) is 33.0 Å². The lowest BCUT2D eigenvalue weighted by atomic mass is 9.86. The Bertz CT molecular complexity index is 787. The molecule has 3 rings (SSSR count). The van der Waals surface area contributed by atoms with Crippen molar-refractivity contribution in [2.75, 3.05) is 4.90 Å². The van der Waals surface area contributed by atoms with Gasteiger partial charge in [0.1, 0.15) is 3.82 Å². The fourth-order valence-electron chi connectivity index (χ4n) is 2.97. The Morgan fingerprint density at radius 1 is 1.32 bits per heavy atom. The number of carbonyl (C=O) groups is 1. The van der Waals surface area contributed by atoms with Crippen molar-refractivity contribution >= 4 is 44.5 Å². The number of anilines is 1. The maximum Gasteiger partial charge on any atom is 0.230 e. The predicted molar refractivity (Wildman–Crippen MR) is 98.4 cm³/mol. The van der Waals surface area contributed by atoms with Crippen LogP contribution in [0.4, 0.5) is 5.69 Å². The molecule has 0 saturated carbocycles. The third-order valence-corrected chi connectivity index (χ3v) is 7.74. The summed E-state index contributed by atoms with van der Waals surface area (Å²) in [5.41, 5.74) is 2.87. The minimum Gasteiger partial charge on any atom is -0.301 e. The van der Waals surface area contributed by atoms with Crippen LogP contribution in [0.5, 0.6) is 0 Å². The second-order valence-corrected chi connectivity index (χ2v) is 9.03. The molecule has 2 heterocycles. The Labute approximate surface area is 143 Å². The van der Waals surface area contributed by atoms with Crippen LogP contribution in [-0.4, -0.2) is 5.91 Å². The smallest absolute Gasteiger partial charge is 0.230 e. The Balaban J connectivity index is 2.29. The first-order valence-corrected chi connectivity index (χ1v) is 10.0. The van der Waals surface area contributed by atoms with Crippen LogP contribution in [0.1, 0.15) is 39.0 Å². The molecule has 0 saturated heterocycles. The molecule has 0 bridgehead atoms. The van der Waals surface area contributed by atoms with Gasteiger partial charge in [0.2, 0.25) is 5.91 Å². The van der Waals surface area contributed by atoms with Gasteiger partial charge in [-0.15, -0.1) is 0 Å². The van der Waals surface area contributed by atoms with Crippen molar-refractivity contribution in [2.45, 2.75) is 39.7 Å². The van der Waals surface area contributed by atoms with E-state index in [0.29, 0.717) is 0 Å². The first kappa shape index (κ1) is 15.8. The molecular weight excluding hydrogens is 330 g/mol. The summed E-state index contributed by atoms with van der Waals surface area (Å²) in [5, 5.41) is 0. The maximum atomic E-state index is 13.0. The van der Waals surface area contributed by atoms with Gasteiger partial charge in [-0.25, -0.2) is 0 Å². The summed E-state index contributed by atoms with van der Waals surface area (Å²) >= 11 is 5.56. The largest absolute Gasteiger partial charge is 0.301 e. The molecule has 0 radical (unpaired) electrons. The number of rotatable bonds is 2. The highest BCUT2D eigenvalue weighted by Crippen LogP contribution is 2.52. The van der Waals surface area contributed by atoms with Crippen molar-refractivity contribution in [1.82, 2.24) is 0 Å². The molecule has 116 valence electrons. The molecule has 5 heteroatoms. The predicted octanol–water partition coefficient (Wildman–Crippen LogP) is 5.83. The topological polar surface area (TPSA) is 20.3 Å². The number of amides is 1. The van der Waals surface area contributed by atoms with Gasteiger partial charge in [0.05, 0.1) is 16.1 Å². The summed E-state index contributed by atoms with van der Waals surface area (Å²) in [4.78, 5) is 16.2. The number of carbonyl (C=O) groups excluding carboxylic acids is 1. The zero-order valence-corrected chi connectivity index (χ0v) is 15.6. The van der Waals surface area contributed by atoms with E-state index in [2.05, 4.69) is 26.8 Å². The molecule has 1 aromatic heterocycles. The quantitative estimate of drug-likeness (QED) is 0.502. The van der Waals surface area contributed by atoms with Gasteiger partial charge in [0.25, 0.3) is 0 Å². The van der Waals surface area contributed by atoms with Crippen molar-refractivity contribution in [1.29, 1.82) is 0 Å². The van der Waals surface area contributed by atoms with Crippen LogP contribution in [0.25, 0.3) is 11.1 Å². The second kappa shape index (κ2) is 5.55. The molecule has 1 aliphatic heterocycles. The minimum atomic E-state index is -0.359. The molecule has 2 nitrogen and oxygen atoms in total. The lowest BCUT2D eigenvalue weighted by Crippen LogP contribution is -2.49. The average Bonchev–Trinajstić information content (AvgIpc) is 2.89. The second-order valence-electron chi connectivity index (χ2n) is 6.22. The van der Waals surface area contributed by atoms with E-state index >= 15 is 0 Å². The number of nitrogens with zero attached hydrogens (tertiary/aromatic N) is 1. The molecule has 1 unspecified atom stereocenters. The highest BCUT2D eigenvalue weighted by molar-refractivity contribution is 7.80. The van der Waals surface area contributed by atoms with Gasteiger partial charge in [-0.3, -0.25) is 4.79 Å². The van der Waals surface area contributed by atoms with Crippen LogP contribution < -0.4 is 4.90 Å². The first-order chi connectivity index (χ1) is 10.4. The fraction of sp³-hybridized carbons (Fsp3) is 0.412. The highest BCUT2D eigenvalue weighted by Gasteiger charge is 2.43. The molecule has 0 spiro atoms. The van der Waals surface area contributed by atoms with E-state index in [1.807, 2.05) is 30.0 Å². The van der Waals surface area contributed by atoms with Gasteiger partial charge in [-0.1, -0.05) is 64.9 Å². The van der Waals surface area contributed by atoms with E-state index in [1.165, 1.54) is 4.88 Å². The average molecular weight is 350 g/mol. The lowest BCUT2D eigenvalue weighted by molar-refractivity contribution is -0.123. The Morgan fingerprint density at radius 2 is 2.00 bits per heavy atom. The summed E-state index contributed by atoms with van der Waals surface area (Å²) in [7, 11) is 3.34. The molecule has 2 aromatic rings. The van der Waals surface area contributed by atoms with Gasteiger partial charge in [-0.2, -0.15) is 0 Å². The summed E-state index contributed by atoms with van der Waals surface area (Å²) < 4.78 is 0.927. The molecule has 0 fully saturated rings. The molecule has 1 atom stereocenters. The van der Waals surface area contributed by atoms with Gasteiger partial charge in [0.15, 0.2) is 0 Å². The third-order valence-electron chi connectivity index (χ3n) is 4.42. The van der Waals surface area contributed by atoms with Crippen LogP contribution in [0.2, 0.25) is 0 Å². The maximum absolute atomic E-state index is 13.0. The van der Waals surface area contributed by atoms with Gasteiger partial charge in [-0.05, 0) is 26.3 Å². The van der Waals surface area contributed by atoms with Crippen LogP contribution in [0, 0.1) is 9.74 Å². The van der Waals surface area contributed by atoms with Gasteiger partial charge in [0, 0.05) is 17.0 Å². The van der Waals surface area contributed by atoms with Crippen LogP contribution in [-0.2, 0) is 10.3 Å². The molecule has 22 heavy (non-hydrogen) atoms. The number of benzene rings is 1. The van der Waals surface area contributed by atoms with Crippen molar-refractivity contribution in [2.24, 2.45) is 5.92 Å². The lowest BCUT2D eigenvalue weighted by Gasteiger charge is -2.44. The fourth-order valence-corrected chi connectivity index (χ4v) is 6.25. The Morgan fingerprint density at radius 3 is 2.68 bits per heavy atom. The standard InChI is InChI=1S/C17H19NOS3/c1-5-10(2)15(19)18-12-9-7-6-8-11(12)13-14(17(18,3)4)21-22-16(13)20/h6-10H,5H2,1-4H3. The Hall–Kier alpha value is -1.04. The Kier molecular flexibility index (Phi) is 4.00. The summed E-state index contributed by atoms with van der Waals surface area (Å²) in [5.74, 6) is 0.204. The van der Waals surface area contributed by atoms with E-state index in [0.717, 1.165) is 27.1 Å². The summed E-state index contributed by atoms with van der Waals surface area (Å²) in [6, 6.07) is 8.13. The van der Waals surface area contributed by atoms with Crippen molar-refractivity contribution in [3.8, 4) is 11.1 Å². The molecular formula is C17H19NOS3. The number of para-hydroxylation sites is 1. The van der Waals surface area contributed by atoms with Gasteiger partial charge < -0.3 is 4.90 Å². The zero-order valence-electron chi connectivity index (χ0n) is 13.2. The van der Waals surface area contributed by atoms with E-state index in [1.54, 1.807) is 20.7 Å². The zero-order chi connectivity index (χ0) is 16.1. The van der Waals surface area contributed by atoms with Crippen LogP contribution in [0.15, 0.2) is 24.3 Å². The number of hydrogen-bond donors (Lipinski definition) is 0. The molecule has 0 aliphatic carbocycles. The van der Waals surface area contributed by atoms with Gasteiger partial charge >= 0.3 is 0 Å². The molecule has 1 aromatic carbocycles. The molecule has 1 aliphatic rings. The highest BCUT2D eigenvalue weighted by atomic mass is 32.9. The van der Waals surface area contributed by atoms with Crippen molar-refractivity contribution < 1.29 is 4.79 Å². The van der Waals surface area contributed by atoms with Crippen LogP contribution in [0.3, 0.4) is 0 Å². The van der Waals surface area contributed by atoms with Crippen LogP contribution >= 0.6 is 32.9 Å². The number of hydrogen-bond acceptors (Lipinski definition) is 4. The van der Waals surface area contributed by atoms with E-state index in [4.69, 9.17) is 12.2 Å². The van der Waals surface area contributed by atoms with E-state index < -0.39 is 0 Å². The SMILES string of the molecule is CCC(C)C(=O)N1c2ccccc2-c2c(ssc2=S)C1(C)C. The minimum absolute atomic E-state index is 0.0143. The first-order valence-electron chi connectivity index (χ1n) is 7.46. The third kappa shape index (κ3) is 2.18. The van der Waals surface area contributed by atoms with E-state index in [9.17, 15) is 4.79 Å². The summed E-state index contributed by atoms with van der Waals surface area (Å²) in [6.07, 6.45) is 0.847. The summed E-state index contributed by atoms with van der Waals surface area (Å²) in [6.45, 7) is 8.32. The van der Waals surface area contributed by atoms with E-state index in [-0.39, 0.29) is 17.4 Å². The molecule has 0 N–H and O–H groups in total. The number of fused-ring (bicyclic) bond motifs is 3. The molecule has 1 amide bonds.